The number of nitrogens with zero attached hydrogens (tertiary/aromatic N) is 1. The lowest BCUT2D eigenvalue weighted by atomic mass is 9.85. The fourth-order valence-corrected chi connectivity index (χ4v) is 2.93. The average molecular weight is 238 g/mol. The van der Waals surface area contributed by atoms with Crippen molar-refractivity contribution in [2.75, 3.05) is 19.6 Å². The van der Waals surface area contributed by atoms with E-state index in [9.17, 15) is 4.79 Å². The molecule has 2 aliphatic heterocycles. The van der Waals surface area contributed by atoms with E-state index >= 15 is 0 Å². The highest BCUT2D eigenvalue weighted by molar-refractivity contribution is 5.82. The van der Waals surface area contributed by atoms with Gasteiger partial charge in [0.15, 0.2) is 0 Å². The van der Waals surface area contributed by atoms with Crippen LogP contribution in [0.25, 0.3) is 0 Å². The largest absolute Gasteiger partial charge is 0.341 e. The Bertz CT molecular complexity index is 269. The highest BCUT2D eigenvalue weighted by Gasteiger charge is 2.29. The zero-order valence-electron chi connectivity index (χ0n) is 11.3. The zero-order chi connectivity index (χ0) is 12.3. The van der Waals surface area contributed by atoms with Crippen LogP contribution in [0.3, 0.4) is 0 Å². The summed E-state index contributed by atoms with van der Waals surface area (Å²) in [7, 11) is 0. The first-order chi connectivity index (χ1) is 8.08. The van der Waals surface area contributed by atoms with Crippen LogP contribution in [0.4, 0.5) is 0 Å². The van der Waals surface area contributed by atoms with Gasteiger partial charge in [-0.15, -0.1) is 0 Å². The van der Waals surface area contributed by atoms with Crippen molar-refractivity contribution in [1.82, 2.24) is 10.2 Å². The lowest BCUT2D eigenvalue weighted by Crippen LogP contribution is -2.48. The van der Waals surface area contributed by atoms with Crippen LogP contribution >= 0.6 is 0 Å². The molecule has 0 spiro atoms. The SMILES string of the molecule is CC1(C)CCCN(C(=O)[C@@H]2CCCCN2)CC1. The van der Waals surface area contributed by atoms with E-state index in [1.807, 2.05) is 0 Å². The molecular weight excluding hydrogens is 212 g/mol. The van der Waals surface area contributed by atoms with Crippen LogP contribution in [0.5, 0.6) is 0 Å². The second kappa shape index (κ2) is 5.38. The van der Waals surface area contributed by atoms with Gasteiger partial charge in [0.1, 0.15) is 0 Å². The van der Waals surface area contributed by atoms with E-state index in [0.29, 0.717) is 11.3 Å². The Balaban J connectivity index is 1.90. The van der Waals surface area contributed by atoms with E-state index in [4.69, 9.17) is 0 Å². The predicted octanol–water partition coefficient (Wildman–Crippen LogP) is 2.17. The summed E-state index contributed by atoms with van der Waals surface area (Å²) in [5.41, 5.74) is 0.412. The van der Waals surface area contributed by atoms with Gasteiger partial charge in [-0.25, -0.2) is 0 Å². The first kappa shape index (κ1) is 12.9. The number of hydrogen-bond acceptors (Lipinski definition) is 2. The Hall–Kier alpha value is -0.570. The average Bonchev–Trinajstić information content (AvgIpc) is 2.50. The number of hydrogen-bond donors (Lipinski definition) is 1. The molecule has 0 aromatic rings. The molecular formula is C14H26N2O. The summed E-state index contributed by atoms with van der Waals surface area (Å²) in [6, 6.07) is 0.102. The first-order valence-corrected chi connectivity index (χ1v) is 7.11. The zero-order valence-corrected chi connectivity index (χ0v) is 11.3. The van der Waals surface area contributed by atoms with Crippen LogP contribution in [-0.2, 0) is 4.79 Å². The summed E-state index contributed by atoms with van der Waals surface area (Å²) < 4.78 is 0. The van der Waals surface area contributed by atoms with E-state index < -0.39 is 0 Å². The van der Waals surface area contributed by atoms with Gasteiger partial charge in [0.25, 0.3) is 0 Å². The van der Waals surface area contributed by atoms with Crippen molar-refractivity contribution in [1.29, 1.82) is 0 Å². The number of carbonyl (C=O) groups is 1. The Labute approximate surface area is 105 Å². The van der Waals surface area contributed by atoms with Crippen LogP contribution in [0.15, 0.2) is 0 Å². The molecule has 2 rings (SSSR count). The monoisotopic (exact) mass is 238 g/mol. The smallest absolute Gasteiger partial charge is 0.239 e. The maximum atomic E-state index is 12.4. The van der Waals surface area contributed by atoms with Gasteiger partial charge in [-0.3, -0.25) is 4.79 Å². The fourth-order valence-electron chi connectivity index (χ4n) is 2.93. The molecule has 0 aromatic heterocycles. The summed E-state index contributed by atoms with van der Waals surface area (Å²) in [4.78, 5) is 14.5. The Morgan fingerprint density at radius 3 is 2.71 bits per heavy atom. The molecule has 2 aliphatic rings. The summed E-state index contributed by atoms with van der Waals surface area (Å²) in [6.07, 6.45) is 6.99. The van der Waals surface area contributed by atoms with E-state index in [-0.39, 0.29) is 6.04 Å². The van der Waals surface area contributed by atoms with E-state index in [1.165, 1.54) is 19.3 Å². The third-order valence-electron chi connectivity index (χ3n) is 4.26. The molecule has 3 heteroatoms. The first-order valence-electron chi connectivity index (χ1n) is 7.11. The van der Waals surface area contributed by atoms with E-state index in [0.717, 1.165) is 38.9 Å². The van der Waals surface area contributed by atoms with Crippen LogP contribution < -0.4 is 5.32 Å². The summed E-state index contributed by atoms with van der Waals surface area (Å²) in [6.45, 7) is 7.56. The molecule has 17 heavy (non-hydrogen) atoms. The summed E-state index contributed by atoms with van der Waals surface area (Å²) in [5, 5.41) is 3.37. The number of nitrogens with one attached hydrogen (secondary N) is 1. The Morgan fingerprint density at radius 1 is 1.18 bits per heavy atom. The van der Waals surface area contributed by atoms with Gasteiger partial charge in [0.05, 0.1) is 6.04 Å². The minimum absolute atomic E-state index is 0.102. The Morgan fingerprint density at radius 2 is 2.00 bits per heavy atom. The quantitative estimate of drug-likeness (QED) is 0.759. The highest BCUT2D eigenvalue weighted by Crippen LogP contribution is 2.30. The number of likely N-dealkylation sites (tertiary alicyclic amines) is 1. The molecule has 1 atom stereocenters. The third kappa shape index (κ3) is 3.44. The third-order valence-corrected chi connectivity index (χ3v) is 4.26. The topological polar surface area (TPSA) is 32.3 Å². The number of amides is 1. The van der Waals surface area contributed by atoms with E-state index in [1.54, 1.807) is 0 Å². The minimum Gasteiger partial charge on any atom is -0.341 e. The van der Waals surface area contributed by atoms with Crippen molar-refractivity contribution in [2.45, 2.75) is 58.4 Å². The maximum absolute atomic E-state index is 12.4. The summed E-state index contributed by atoms with van der Waals surface area (Å²) in [5.74, 6) is 0.349. The standard InChI is InChI=1S/C14H26N2O/c1-14(2)7-5-10-16(11-8-14)13(17)12-6-3-4-9-15-12/h12,15H,3-11H2,1-2H3/t12-/m0/s1. The van der Waals surface area contributed by atoms with Gasteiger partial charge in [-0.2, -0.15) is 0 Å². The molecule has 0 saturated carbocycles. The number of carbonyl (C=O) groups excluding carboxylic acids is 1. The molecule has 0 bridgehead atoms. The molecule has 2 heterocycles. The molecule has 1 N–H and O–H groups in total. The molecule has 3 nitrogen and oxygen atoms in total. The molecule has 1 amide bonds. The van der Waals surface area contributed by atoms with Crippen molar-refractivity contribution >= 4 is 5.91 Å². The van der Waals surface area contributed by atoms with Crippen molar-refractivity contribution in [3.8, 4) is 0 Å². The second-order valence-corrected chi connectivity index (χ2v) is 6.35. The predicted molar refractivity (Wildman–Crippen MR) is 69.9 cm³/mol. The molecule has 0 aliphatic carbocycles. The normalized spacial score (nSPS) is 29.8. The van der Waals surface area contributed by atoms with Gasteiger partial charge in [-0.05, 0) is 44.1 Å². The fraction of sp³-hybridized carbons (Fsp3) is 0.929. The lowest BCUT2D eigenvalue weighted by molar-refractivity contribution is -0.134. The van der Waals surface area contributed by atoms with Gasteiger partial charge in [-0.1, -0.05) is 20.3 Å². The maximum Gasteiger partial charge on any atom is 0.239 e. The molecule has 2 fully saturated rings. The van der Waals surface area contributed by atoms with Crippen LogP contribution in [0.2, 0.25) is 0 Å². The molecule has 0 unspecified atom stereocenters. The number of piperidine rings is 1. The minimum atomic E-state index is 0.102. The van der Waals surface area contributed by atoms with Gasteiger partial charge >= 0.3 is 0 Å². The summed E-state index contributed by atoms with van der Waals surface area (Å²) >= 11 is 0. The van der Waals surface area contributed by atoms with E-state index in [2.05, 4.69) is 24.1 Å². The van der Waals surface area contributed by atoms with Crippen molar-refractivity contribution in [3.63, 3.8) is 0 Å². The van der Waals surface area contributed by atoms with Gasteiger partial charge < -0.3 is 10.2 Å². The molecule has 0 radical (unpaired) electrons. The van der Waals surface area contributed by atoms with Crippen LogP contribution in [0.1, 0.15) is 52.4 Å². The molecule has 2 saturated heterocycles. The van der Waals surface area contributed by atoms with Gasteiger partial charge in [0, 0.05) is 13.1 Å². The van der Waals surface area contributed by atoms with Crippen molar-refractivity contribution in [2.24, 2.45) is 5.41 Å². The van der Waals surface area contributed by atoms with Crippen molar-refractivity contribution < 1.29 is 4.79 Å². The highest BCUT2D eigenvalue weighted by atomic mass is 16.2. The molecule has 0 aromatic carbocycles. The van der Waals surface area contributed by atoms with Crippen LogP contribution in [0, 0.1) is 5.41 Å². The Kier molecular flexibility index (Phi) is 4.08. The molecule has 98 valence electrons. The second-order valence-electron chi connectivity index (χ2n) is 6.35. The van der Waals surface area contributed by atoms with Crippen molar-refractivity contribution in [3.05, 3.63) is 0 Å². The lowest BCUT2D eigenvalue weighted by Gasteiger charge is -2.29. The number of rotatable bonds is 1. The van der Waals surface area contributed by atoms with Gasteiger partial charge in [0.2, 0.25) is 5.91 Å². The van der Waals surface area contributed by atoms with Crippen LogP contribution in [-0.4, -0.2) is 36.5 Å².